The number of esters is 1. The summed E-state index contributed by atoms with van der Waals surface area (Å²) in [5.41, 5.74) is 2.04. The fourth-order valence-electron chi connectivity index (χ4n) is 2.21. The highest BCUT2D eigenvalue weighted by Crippen LogP contribution is 2.36. The normalized spacial score (nSPS) is 11.3. The van der Waals surface area contributed by atoms with E-state index in [1.165, 1.54) is 18.8 Å². The van der Waals surface area contributed by atoms with Gasteiger partial charge in [-0.3, -0.25) is 14.9 Å². The number of nitrogens with one attached hydrogen (secondary N) is 2. The molecule has 0 saturated carbocycles. The first-order chi connectivity index (χ1) is 13.0. The molecule has 2 aromatic rings. The number of urea groups is 1. The van der Waals surface area contributed by atoms with Crippen molar-refractivity contribution in [2.75, 3.05) is 19.4 Å². The molecular formula is C19H19ClN2O4S. The number of amides is 3. The molecule has 0 aromatic heterocycles. The quantitative estimate of drug-likeness (QED) is 0.690. The fraction of sp³-hybridized carbons (Fsp3) is 0.211. The van der Waals surface area contributed by atoms with E-state index < -0.39 is 24.5 Å². The lowest BCUT2D eigenvalue weighted by Gasteiger charge is -2.17. The highest BCUT2D eigenvalue weighted by atomic mass is 35.5. The van der Waals surface area contributed by atoms with Crippen LogP contribution in [0.25, 0.3) is 0 Å². The Bertz CT molecular complexity index is 784. The van der Waals surface area contributed by atoms with Gasteiger partial charge in [0.1, 0.15) is 0 Å². The maximum Gasteiger partial charge on any atom is 0.321 e. The molecule has 0 saturated heterocycles. The van der Waals surface area contributed by atoms with E-state index in [2.05, 4.69) is 5.32 Å². The summed E-state index contributed by atoms with van der Waals surface area (Å²) in [6.45, 7) is -0.510. The molecule has 3 amide bonds. The van der Waals surface area contributed by atoms with E-state index in [4.69, 9.17) is 16.3 Å². The minimum Gasteiger partial charge on any atom is -0.455 e. The molecule has 6 nitrogen and oxygen atoms in total. The van der Waals surface area contributed by atoms with Crippen LogP contribution in [0, 0.1) is 0 Å². The van der Waals surface area contributed by atoms with Crippen LogP contribution in [0.2, 0.25) is 5.02 Å². The smallest absolute Gasteiger partial charge is 0.321 e. The highest BCUT2D eigenvalue weighted by Gasteiger charge is 2.18. The van der Waals surface area contributed by atoms with Gasteiger partial charge in [0.15, 0.2) is 6.61 Å². The van der Waals surface area contributed by atoms with Crippen LogP contribution < -0.4 is 10.6 Å². The number of carbonyl (C=O) groups excluding carboxylic acids is 3. The molecule has 0 heterocycles. The summed E-state index contributed by atoms with van der Waals surface area (Å²) in [6, 6.07) is 16.5. The molecule has 0 fully saturated rings. The molecule has 27 heavy (non-hydrogen) atoms. The lowest BCUT2D eigenvalue weighted by molar-refractivity contribution is -0.145. The molecule has 2 rings (SSSR count). The van der Waals surface area contributed by atoms with Crippen molar-refractivity contribution in [1.29, 1.82) is 0 Å². The molecule has 0 bridgehead atoms. The van der Waals surface area contributed by atoms with Gasteiger partial charge in [-0.25, -0.2) is 4.79 Å². The van der Waals surface area contributed by atoms with Crippen LogP contribution in [0.15, 0.2) is 54.6 Å². The zero-order valence-electron chi connectivity index (χ0n) is 14.6. The van der Waals surface area contributed by atoms with Gasteiger partial charge in [0.25, 0.3) is 5.91 Å². The van der Waals surface area contributed by atoms with E-state index >= 15 is 0 Å². The van der Waals surface area contributed by atoms with Crippen LogP contribution in [0.4, 0.5) is 4.79 Å². The van der Waals surface area contributed by atoms with E-state index in [1.807, 2.05) is 47.8 Å². The summed E-state index contributed by atoms with van der Waals surface area (Å²) in [6.07, 6.45) is 0. The molecule has 0 unspecified atom stereocenters. The van der Waals surface area contributed by atoms with Crippen molar-refractivity contribution in [3.05, 3.63) is 70.7 Å². The van der Waals surface area contributed by atoms with Crippen LogP contribution in [0.5, 0.6) is 0 Å². The van der Waals surface area contributed by atoms with Crippen LogP contribution >= 0.6 is 23.4 Å². The van der Waals surface area contributed by atoms with Crippen molar-refractivity contribution in [3.63, 3.8) is 0 Å². The number of rotatable bonds is 7. The van der Waals surface area contributed by atoms with Crippen LogP contribution in [-0.2, 0) is 14.3 Å². The Balaban J connectivity index is 1.96. The van der Waals surface area contributed by atoms with Crippen molar-refractivity contribution in [2.45, 2.75) is 5.25 Å². The van der Waals surface area contributed by atoms with Crippen LogP contribution in [-0.4, -0.2) is 37.3 Å². The number of carbonyl (C=O) groups is 3. The number of hydrogen-bond acceptors (Lipinski definition) is 5. The van der Waals surface area contributed by atoms with Gasteiger partial charge in [0.2, 0.25) is 0 Å². The van der Waals surface area contributed by atoms with E-state index in [0.29, 0.717) is 5.02 Å². The van der Waals surface area contributed by atoms with Crippen molar-refractivity contribution < 1.29 is 19.1 Å². The number of hydrogen-bond donors (Lipinski definition) is 2. The molecule has 0 aliphatic rings. The standard InChI is InChI=1S/C19H19ClN2O4S/c1-21-19(25)22-16(23)11-26-17(24)12-27-18(13-5-3-2-4-6-13)14-7-9-15(20)10-8-14/h2-10,18H,11-12H2,1H3,(H2,21,22,23,25)/t18-/m1/s1. The van der Waals surface area contributed by atoms with E-state index in [9.17, 15) is 14.4 Å². The fourth-order valence-corrected chi connectivity index (χ4v) is 3.43. The van der Waals surface area contributed by atoms with E-state index in [1.54, 1.807) is 12.1 Å². The Hall–Kier alpha value is -2.51. The third-order valence-corrected chi connectivity index (χ3v) is 5.02. The predicted molar refractivity (Wildman–Crippen MR) is 106 cm³/mol. The van der Waals surface area contributed by atoms with Gasteiger partial charge in [0.05, 0.1) is 11.0 Å². The Morgan fingerprint density at radius 1 is 1.04 bits per heavy atom. The van der Waals surface area contributed by atoms with E-state index in [0.717, 1.165) is 11.1 Å². The third kappa shape index (κ3) is 6.96. The average molecular weight is 407 g/mol. The molecule has 0 radical (unpaired) electrons. The maximum atomic E-state index is 12.0. The van der Waals surface area contributed by atoms with Crippen molar-refractivity contribution >= 4 is 41.3 Å². The lowest BCUT2D eigenvalue weighted by atomic mass is 10.0. The monoisotopic (exact) mass is 406 g/mol. The van der Waals surface area contributed by atoms with Gasteiger partial charge in [-0.15, -0.1) is 11.8 Å². The minimum atomic E-state index is -0.690. The molecule has 2 aromatic carbocycles. The van der Waals surface area contributed by atoms with Gasteiger partial charge in [-0.1, -0.05) is 54.1 Å². The number of ether oxygens (including phenoxy) is 1. The number of thioether (sulfide) groups is 1. The maximum absolute atomic E-state index is 12.0. The van der Waals surface area contributed by atoms with Gasteiger partial charge in [0, 0.05) is 12.1 Å². The summed E-state index contributed by atoms with van der Waals surface area (Å²) in [5, 5.41) is 4.81. The van der Waals surface area contributed by atoms with Crippen LogP contribution in [0.3, 0.4) is 0 Å². The zero-order valence-corrected chi connectivity index (χ0v) is 16.2. The molecule has 1 atom stereocenters. The molecule has 0 spiro atoms. The Labute approximate surface area is 166 Å². The van der Waals surface area contributed by atoms with Crippen molar-refractivity contribution in [2.24, 2.45) is 0 Å². The molecule has 142 valence electrons. The summed E-state index contributed by atoms with van der Waals surface area (Å²) < 4.78 is 4.92. The zero-order chi connectivity index (χ0) is 19.6. The molecular weight excluding hydrogens is 388 g/mol. The van der Waals surface area contributed by atoms with Crippen LogP contribution in [0.1, 0.15) is 16.4 Å². The summed E-state index contributed by atoms with van der Waals surface area (Å²) in [5.74, 6) is -1.18. The summed E-state index contributed by atoms with van der Waals surface area (Å²) in [4.78, 5) is 34.5. The third-order valence-electron chi connectivity index (χ3n) is 3.49. The minimum absolute atomic E-state index is 0.0510. The topological polar surface area (TPSA) is 84.5 Å². The number of benzene rings is 2. The average Bonchev–Trinajstić information content (AvgIpc) is 2.68. The van der Waals surface area contributed by atoms with Crippen molar-refractivity contribution in [3.8, 4) is 0 Å². The number of halogens is 1. The Kier molecular flexibility index (Phi) is 8.16. The van der Waals surface area contributed by atoms with Gasteiger partial charge in [-0.2, -0.15) is 0 Å². The second-order valence-corrected chi connectivity index (χ2v) is 6.97. The van der Waals surface area contributed by atoms with Gasteiger partial charge in [-0.05, 0) is 23.3 Å². The molecule has 2 N–H and O–H groups in total. The first-order valence-electron chi connectivity index (χ1n) is 8.09. The predicted octanol–water partition coefficient (Wildman–Crippen LogP) is 3.16. The Morgan fingerprint density at radius 2 is 1.67 bits per heavy atom. The summed E-state index contributed by atoms with van der Waals surface area (Å²) in [7, 11) is 1.38. The number of imide groups is 1. The van der Waals surface area contributed by atoms with Gasteiger partial charge < -0.3 is 10.1 Å². The first kappa shape index (κ1) is 20.8. The van der Waals surface area contributed by atoms with Crippen molar-refractivity contribution in [1.82, 2.24) is 10.6 Å². The first-order valence-corrected chi connectivity index (χ1v) is 9.51. The van der Waals surface area contributed by atoms with E-state index in [-0.39, 0.29) is 11.0 Å². The SMILES string of the molecule is CNC(=O)NC(=O)COC(=O)CS[C@H](c1ccccc1)c1ccc(Cl)cc1. The highest BCUT2D eigenvalue weighted by molar-refractivity contribution is 8.00. The molecule has 0 aliphatic heterocycles. The Morgan fingerprint density at radius 3 is 2.30 bits per heavy atom. The second-order valence-electron chi connectivity index (χ2n) is 5.44. The molecule has 8 heteroatoms. The largest absolute Gasteiger partial charge is 0.455 e. The second kappa shape index (κ2) is 10.6. The summed E-state index contributed by atoms with van der Waals surface area (Å²) >= 11 is 7.34. The van der Waals surface area contributed by atoms with Gasteiger partial charge >= 0.3 is 12.0 Å². The molecule has 0 aliphatic carbocycles. The lowest BCUT2D eigenvalue weighted by Crippen LogP contribution is -2.39.